The van der Waals surface area contributed by atoms with E-state index in [-0.39, 0.29) is 35.4 Å². The number of allylic oxidation sites excluding steroid dienone is 1. The Morgan fingerprint density at radius 1 is 1.19 bits per heavy atom. The largest absolute Gasteiger partial charge is 0.396 e. The molecule has 32 heavy (non-hydrogen) atoms. The lowest BCUT2D eigenvalue weighted by Crippen LogP contribution is -2.56. The van der Waals surface area contributed by atoms with Crippen molar-refractivity contribution >= 4 is 0 Å². The molecule has 5 nitrogen and oxygen atoms in total. The van der Waals surface area contributed by atoms with Crippen molar-refractivity contribution in [3.8, 4) is 0 Å². The van der Waals surface area contributed by atoms with Crippen molar-refractivity contribution in [2.45, 2.75) is 103 Å². The summed E-state index contributed by atoms with van der Waals surface area (Å²) in [4.78, 5) is 0. The Labute approximate surface area is 193 Å². The van der Waals surface area contributed by atoms with Crippen LogP contribution in [-0.2, 0) is 4.74 Å². The van der Waals surface area contributed by atoms with Crippen LogP contribution >= 0.6 is 0 Å². The van der Waals surface area contributed by atoms with Crippen LogP contribution in [0.15, 0.2) is 11.6 Å². The van der Waals surface area contributed by atoms with E-state index in [0.717, 1.165) is 32.1 Å². The maximum Gasteiger partial charge on any atom is 0.168 e. The van der Waals surface area contributed by atoms with Crippen molar-refractivity contribution in [2.24, 2.45) is 46.3 Å². The van der Waals surface area contributed by atoms with Crippen LogP contribution in [0.5, 0.6) is 0 Å². The van der Waals surface area contributed by atoms with Gasteiger partial charge in [-0.05, 0) is 73.5 Å². The van der Waals surface area contributed by atoms with Crippen LogP contribution in [0.25, 0.3) is 0 Å². The zero-order valence-corrected chi connectivity index (χ0v) is 20.3. The van der Waals surface area contributed by atoms with Gasteiger partial charge < -0.3 is 25.2 Å². The Morgan fingerprint density at radius 3 is 2.66 bits per heavy atom. The molecule has 1 saturated heterocycles. The molecule has 1 heterocycles. The second-order valence-corrected chi connectivity index (χ2v) is 12.7. The van der Waals surface area contributed by atoms with Gasteiger partial charge in [0.1, 0.15) is 0 Å². The van der Waals surface area contributed by atoms with Crippen molar-refractivity contribution in [2.75, 3.05) is 6.61 Å². The Bertz CT molecular complexity index is 767. The van der Waals surface area contributed by atoms with Gasteiger partial charge in [0.25, 0.3) is 0 Å². The summed E-state index contributed by atoms with van der Waals surface area (Å²) in [6, 6.07) is 0. The zero-order chi connectivity index (χ0) is 23.1. The molecule has 0 amide bonds. The standard InChI is InChI=1S/C27H44O5/c1-15(14-28)7-10-27(31)16(2)24-22(32-27)13-21-19-6-5-17-11-18(29)12-23(30)26(17,4)20(19)8-9-25(21,24)3/h5,15-16,18-24,28-31H,6-14H2,1-4H3/t15?,16-,18?,19+,20-,21-,22-,23?,24-,25-,26-,27?/m0/s1. The van der Waals surface area contributed by atoms with Crippen LogP contribution < -0.4 is 0 Å². The number of hydrogen-bond donors (Lipinski definition) is 4. The highest BCUT2D eigenvalue weighted by atomic mass is 16.6. The average molecular weight is 449 g/mol. The normalized spacial score (nSPS) is 55.4. The van der Waals surface area contributed by atoms with Crippen LogP contribution in [0.2, 0.25) is 0 Å². The Morgan fingerprint density at radius 2 is 1.94 bits per heavy atom. The summed E-state index contributed by atoms with van der Waals surface area (Å²) in [5.74, 6) is 1.10. The van der Waals surface area contributed by atoms with E-state index in [1.165, 1.54) is 5.57 Å². The van der Waals surface area contributed by atoms with E-state index in [0.29, 0.717) is 42.9 Å². The molecule has 5 rings (SSSR count). The molecule has 0 aromatic heterocycles. The van der Waals surface area contributed by atoms with Gasteiger partial charge in [-0.2, -0.15) is 0 Å². The van der Waals surface area contributed by atoms with E-state index in [9.17, 15) is 20.4 Å². The Hall–Kier alpha value is -0.460. The minimum absolute atomic E-state index is 0.0886. The van der Waals surface area contributed by atoms with Crippen molar-refractivity contribution < 1.29 is 25.2 Å². The molecule has 4 unspecified atom stereocenters. The quantitative estimate of drug-likeness (QED) is 0.493. The van der Waals surface area contributed by atoms with Gasteiger partial charge in [-0.1, -0.05) is 39.3 Å². The lowest BCUT2D eigenvalue weighted by atomic mass is 9.46. The van der Waals surface area contributed by atoms with E-state index in [2.05, 4.69) is 26.8 Å². The molecule has 0 bridgehead atoms. The number of ether oxygens (including phenoxy) is 1. The molecular weight excluding hydrogens is 404 g/mol. The van der Waals surface area contributed by atoms with Gasteiger partial charge in [-0.25, -0.2) is 0 Å². The summed E-state index contributed by atoms with van der Waals surface area (Å²) in [7, 11) is 0. The molecule has 0 aromatic rings. The minimum Gasteiger partial charge on any atom is -0.396 e. The second-order valence-electron chi connectivity index (χ2n) is 12.7. The van der Waals surface area contributed by atoms with E-state index in [1.807, 2.05) is 6.92 Å². The van der Waals surface area contributed by atoms with Gasteiger partial charge in [0.2, 0.25) is 0 Å². The van der Waals surface area contributed by atoms with Gasteiger partial charge in [-0.15, -0.1) is 0 Å². The van der Waals surface area contributed by atoms with Gasteiger partial charge in [0.05, 0.1) is 18.3 Å². The maximum absolute atomic E-state index is 11.4. The highest BCUT2D eigenvalue weighted by Gasteiger charge is 2.68. The molecule has 5 heteroatoms. The highest BCUT2D eigenvalue weighted by Crippen LogP contribution is 2.70. The fourth-order valence-electron chi connectivity index (χ4n) is 9.22. The van der Waals surface area contributed by atoms with Crippen LogP contribution in [-0.4, -0.2) is 51.1 Å². The van der Waals surface area contributed by atoms with Gasteiger partial charge in [0.15, 0.2) is 5.79 Å². The van der Waals surface area contributed by atoms with Crippen molar-refractivity contribution in [3.63, 3.8) is 0 Å². The molecule has 4 aliphatic carbocycles. The third kappa shape index (κ3) is 3.14. The van der Waals surface area contributed by atoms with Crippen molar-refractivity contribution in [1.29, 1.82) is 0 Å². The summed E-state index contributed by atoms with van der Waals surface area (Å²) in [6.07, 6.45) is 8.41. The predicted octanol–water partition coefficient (Wildman–Crippen LogP) is 3.64. The number of hydrogen-bond acceptors (Lipinski definition) is 5. The van der Waals surface area contributed by atoms with Crippen LogP contribution in [0.4, 0.5) is 0 Å². The van der Waals surface area contributed by atoms with E-state index < -0.39 is 18.0 Å². The molecule has 0 spiro atoms. The molecular formula is C27H44O5. The van der Waals surface area contributed by atoms with Crippen molar-refractivity contribution in [1.82, 2.24) is 0 Å². The van der Waals surface area contributed by atoms with Crippen LogP contribution in [0.1, 0.15) is 79.1 Å². The molecule has 4 fully saturated rings. The molecule has 5 aliphatic rings. The third-order valence-corrected chi connectivity index (χ3v) is 11.2. The summed E-state index contributed by atoms with van der Waals surface area (Å²) in [5, 5.41) is 42.2. The Kier molecular flexibility index (Phi) is 5.66. The van der Waals surface area contributed by atoms with Crippen molar-refractivity contribution in [3.05, 3.63) is 11.6 Å². The second kappa shape index (κ2) is 7.78. The Balaban J connectivity index is 1.39. The number of aliphatic hydroxyl groups excluding tert-OH is 3. The monoisotopic (exact) mass is 448 g/mol. The van der Waals surface area contributed by atoms with Gasteiger partial charge >= 0.3 is 0 Å². The first-order chi connectivity index (χ1) is 15.0. The summed E-state index contributed by atoms with van der Waals surface area (Å²) in [5.41, 5.74) is 1.22. The average Bonchev–Trinajstić information content (AvgIpc) is 3.17. The molecule has 182 valence electrons. The first-order valence-corrected chi connectivity index (χ1v) is 13.1. The van der Waals surface area contributed by atoms with E-state index >= 15 is 0 Å². The number of fused-ring (bicyclic) bond motifs is 7. The SMILES string of the molecule is CC(CO)CCC1(O)O[C@H]2C[C@H]3[C@@H]4CC=C5CC(O)CC(O)[C@]5(C)[C@H]4CC[C@]3(C)[C@H]2[C@@H]1C. The minimum atomic E-state index is -1.08. The number of aliphatic hydroxyl groups is 4. The topological polar surface area (TPSA) is 90.2 Å². The molecule has 0 aromatic carbocycles. The first-order valence-electron chi connectivity index (χ1n) is 13.1. The number of rotatable bonds is 4. The molecule has 12 atom stereocenters. The molecule has 4 N–H and O–H groups in total. The lowest BCUT2D eigenvalue weighted by Gasteiger charge is -2.59. The fourth-order valence-corrected chi connectivity index (χ4v) is 9.22. The summed E-state index contributed by atoms with van der Waals surface area (Å²) < 4.78 is 6.46. The van der Waals surface area contributed by atoms with Gasteiger partial charge in [0, 0.05) is 30.8 Å². The summed E-state index contributed by atoms with van der Waals surface area (Å²) >= 11 is 0. The zero-order valence-electron chi connectivity index (χ0n) is 20.3. The molecule has 3 saturated carbocycles. The predicted molar refractivity (Wildman–Crippen MR) is 122 cm³/mol. The fraction of sp³-hybridized carbons (Fsp3) is 0.926. The molecule has 1 aliphatic heterocycles. The highest BCUT2D eigenvalue weighted by molar-refractivity contribution is 5.28. The lowest BCUT2D eigenvalue weighted by molar-refractivity contribution is -0.221. The van der Waals surface area contributed by atoms with Gasteiger partial charge in [-0.3, -0.25) is 0 Å². The van der Waals surface area contributed by atoms with E-state index in [1.54, 1.807) is 0 Å². The maximum atomic E-state index is 11.4. The molecule has 0 radical (unpaired) electrons. The van der Waals surface area contributed by atoms with Crippen LogP contribution in [0, 0.1) is 46.3 Å². The summed E-state index contributed by atoms with van der Waals surface area (Å²) in [6.45, 7) is 9.05. The third-order valence-electron chi connectivity index (χ3n) is 11.2. The van der Waals surface area contributed by atoms with Crippen LogP contribution in [0.3, 0.4) is 0 Å². The first kappa shape index (κ1) is 23.3. The van der Waals surface area contributed by atoms with E-state index in [4.69, 9.17) is 4.74 Å². The smallest absolute Gasteiger partial charge is 0.168 e.